The van der Waals surface area contributed by atoms with Crippen LogP contribution in [0, 0.1) is 0 Å². The van der Waals surface area contributed by atoms with E-state index in [0.29, 0.717) is 12.0 Å². The van der Waals surface area contributed by atoms with E-state index in [0.717, 1.165) is 30.6 Å². The monoisotopic (exact) mass is 244 g/mol. The van der Waals surface area contributed by atoms with Crippen LogP contribution in [-0.4, -0.2) is 13.1 Å². The number of benzene rings is 1. The number of hydrogen-bond donors (Lipinski definition) is 0. The lowest BCUT2D eigenvalue weighted by Gasteiger charge is -2.34. The van der Waals surface area contributed by atoms with Crippen molar-refractivity contribution in [2.75, 3.05) is 7.11 Å². The fourth-order valence-corrected chi connectivity index (χ4v) is 3.12. The molecule has 0 radical (unpaired) electrons. The Kier molecular flexibility index (Phi) is 2.44. The number of ether oxygens (including phenoxy) is 2. The van der Waals surface area contributed by atoms with Crippen LogP contribution in [-0.2, 0) is 21.6 Å². The van der Waals surface area contributed by atoms with Gasteiger partial charge in [0.25, 0.3) is 0 Å². The molecule has 0 saturated carbocycles. The van der Waals surface area contributed by atoms with E-state index in [-0.39, 0.29) is 5.97 Å². The topological polar surface area (TPSA) is 35.5 Å². The van der Waals surface area contributed by atoms with Gasteiger partial charge in [-0.15, -0.1) is 0 Å². The van der Waals surface area contributed by atoms with Crippen LogP contribution in [0.5, 0.6) is 5.75 Å². The first-order valence-electron chi connectivity index (χ1n) is 6.24. The summed E-state index contributed by atoms with van der Waals surface area (Å²) in [6, 6.07) is 5.96. The van der Waals surface area contributed by atoms with E-state index in [4.69, 9.17) is 9.47 Å². The van der Waals surface area contributed by atoms with Crippen molar-refractivity contribution < 1.29 is 14.3 Å². The van der Waals surface area contributed by atoms with Crippen LogP contribution in [0.25, 0.3) is 0 Å². The molecule has 3 heteroatoms. The van der Waals surface area contributed by atoms with Crippen LogP contribution in [0.15, 0.2) is 30.4 Å². The number of methoxy groups -OCH3 is 1. The fourth-order valence-electron chi connectivity index (χ4n) is 3.12. The van der Waals surface area contributed by atoms with Gasteiger partial charge in [0.2, 0.25) is 0 Å². The predicted octanol–water partition coefficient (Wildman–Crippen LogP) is 2.73. The third kappa shape index (κ3) is 1.47. The second-order valence-corrected chi connectivity index (χ2v) is 5.00. The molecule has 1 fully saturated rings. The van der Waals surface area contributed by atoms with Crippen LogP contribution in [0.1, 0.15) is 30.4 Å². The van der Waals surface area contributed by atoms with Gasteiger partial charge >= 0.3 is 5.97 Å². The highest BCUT2D eigenvalue weighted by Crippen LogP contribution is 2.48. The Balaban J connectivity index is 2.13. The second kappa shape index (κ2) is 3.87. The molecule has 0 N–H and O–H groups in total. The molecule has 1 aliphatic heterocycles. The first kappa shape index (κ1) is 11.3. The third-order valence-corrected chi connectivity index (χ3v) is 3.93. The van der Waals surface area contributed by atoms with E-state index in [1.807, 2.05) is 18.2 Å². The maximum atomic E-state index is 11.7. The Morgan fingerprint density at radius 2 is 2.28 bits per heavy atom. The first-order chi connectivity index (χ1) is 8.66. The van der Waals surface area contributed by atoms with Crippen molar-refractivity contribution >= 4 is 5.97 Å². The zero-order chi connectivity index (χ0) is 12.8. The molecular formula is C15H16O3. The highest BCUT2D eigenvalue weighted by Gasteiger charge is 2.47. The largest absolute Gasteiger partial charge is 0.496 e. The lowest BCUT2D eigenvalue weighted by molar-refractivity contribution is -0.148. The molecule has 3 nitrogen and oxygen atoms in total. The van der Waals surface area contributed by atoms with E-state index < -0.39 is 5.60 Å². The molecule has 0 bridgehead atoms. The summed E-state index contributed by atoms with van der Waals surface area (Å²) in [4.78, 5) is 11.7. The summed E-state index contributed by atoms with van der Waals surface area (Å²) in [5.74, 6) is 0.630. The average Bonchev–Trinajstić information content (AvgIpc) is 2.65. The van der Waals surface area contributed by atoms with Crippen LogP contribution in [0.2, 0.25) is 0 Å². The van der Waals surface area contributed by atoms with Crippen molar-refractivity contribution in [3.8, 4) is 5.75 Å². The minimum atomic E-state index is -0.490. The number of carbonyl (C=O) groups excluding carboxylic acids is 1. The molecule has 94 valence electrons. The second-order valence-electron chi connectivity index (χ2n) is 5.00. The maximum absolute atomic E-state index is 11.7. The van der Waals surface area contributed by atoms with Gasteiger partial charge in [0.05, 0.1) is 7.11 Å². The lowest BCUT2D eigenvalue weighted by atomic mass is 9.76. The predicted molar refractivity (Wildman–Crippen MR) is 67.5 cm³/mol. The zero-order valence-electron chi connectivity index (χ0n) is 10.5. The minimum Gasteiger partial charge on any atom is -0.496 e. The van der Waals surface area contributed by atoms with Crippen molar-refractivity contribution in [2.24, 2.45) is 0 Å². The van der Waals surface area contributed by atoms with Crippen LogP contribution in [0.4, 0.5) is 0 Å². The Morgan fingerprint density at radius 1 is 1.44 bits per heavy atom. The van der Waals surface area contributed by atoms with Crippen molar-refractivity contribution in [1.29, 1.82) is 0 Å². The van der Waals surface area contributed by atoms with E-state index in [1.54, 1.807) is 7.11 Å². The summed E-state index contributed by atoms with van der Waals surface area (Å²) in [7, 11) is 1.68. The quantitative estimate of drug-likeness (QED) is 0.563. The molecule has 1 aliphatic carbocycles. The van der Waals surface area contributed by atoms with Crippen LogP contribution >= 0.6 is 0 Å². The van der Waals surface area contributed by atoms with Crippen molar-refractivity contribution in [1.82, 2.24) is 0 Å². The summed E-state index contributed by atoms with van der Waals surface area (Å²) in [6.45, 7) is 3.79. The molecule has 1 spiro atoms. The summed E-state index contributed by atoms with van der Waals surface area (Å²) in [5, 5.41) is 0. The number of carbonyl (C=O) groups is 1. The van der Waals surface area contributed by atoms with Crippen molar-refractivity contribution in [2.45, 2.75) is 31.3 Å². The number of hydrogen-bond acceptors (Lipinski definition) is 3. The van der Waals surface area contributed by atoms with E-state index >= 15 is 0 Å². The summed E-state index contributed by atoms with van der Waals surface area (Å²) in [5.41, 5.74) is 2.36. The van der Waals surface area contributed by atoms with Gasteiger partial charge in [-0.25, -0.2) is 4.79 Å². The molecule has 18 heavy (non-hydrogen) atoms. The zero-order valence-corrected chi connectivity index (χ0v) is 10.5. The van der Waals surface area contributed by atoms with Gasteiger partial charge in [0.15, 0.2) is 0 Å². The number of rotatable bonds is 1. The van der Waals surface area contributed by atoms with Gasteiger partial charge in [-0.1, -0.05) is 18.7 Å². The van der Waals surface area contributed by atoms with E-state index in [2.05, 4.69) is 6.58 Å². The van der Waals surface area contributed by atoms with Crippen LogP contribution < -0.4 is 4.74 Å². The Bertz CT molecular complexity index is 515. The van der Waals surface area contributed by atoms with E-state index in [1.165, 1.54) is 5.56 Å². The van der Waals surface area contributed by atoms with Crippen LogP contribution in [0.3, 0.4) is 0 Å². The molecule has 1 aromatic carbocycles. The molecule has 1 aromatic rings. The highest BCUT2D eigenvalue weighted by molar-refractivity contribution is 5.90. The van der Waals surface area contributed by atoms with Gasteiger partial charge in [-0.05, 0) is 25.3 Å². The molecule has 1 atom stereocenters. The third-order valence-electron chi connectivity index (χ3n) is 3.93. The Hall–Kier alpha value is -1.77. The smallest absolute Gasteiger partial charge is 0.334 e. The molecule has 2 aliphatic rings. The molecule has 1 heterocycles. The van der Waals surface area contributed by atoms with Gasteiger partial charge in [-0.2, -0.15) is 0 Å². The number of esters is 1. The van der Waals surface area contributed by atoms with Gasteiger partial charge in [0, 0.05) is 23.1 Å². The van der Waals surface area contributed by atoms with Gasteiger partial charge in [0.1, 0.15) is 11.4 Å². The molecule has 0 aromatic heterocycles. The molecule has 1 unspecified atom stereocenters. The van der Waals surface area contributed by atoms with Crippen molar-refractivity contribution in [3.05, 3.63) is 41.5 Å². The molecular weight excluding hydrogens is 228 g/mol. The van der Waals surface area contributed by atoms with E-state index in [9.17, 15) is 4.79 Å². The number of fused-ring (bicyclic) bond motifs is 2. The Labute approximate surface area is 106 Å². The SMILES string of the molecule is C=C1CC2(CCCc3c(OC)cccc32)OC1=O. The van der Waals surface area contributed by atoms with Gasteiger partial charge in [-0.3, -0.25) is 0 Å². The van der Waals surface area contributed by atoms with Crippen molar-refractivity contribution in [3.63, 3.8) is 0 Å². The minimum absolute atomic E-state index is 0.259. The standard InChI is InChI=1S/C15H16O3/c1-10-9-15(18-14(10)16)8-4-5-11-12(15)6-3-7-13(11)17-2/h3,6-7H,1,4-5,8-9H2,2H3. The lowest BCUT2D eigenvalue weighted by Crippen LogP contribution is -2.30. The fraction of sp³-hybridized carbons (Fsp3) is 0.400. The summed E-state index contributed by atoms with van der Waals surface area (Å²) in [6.07, 6.45) is 3.46. The highest BCUT2D eigenvalue weighted by atomic mass is 16.6. The molecule has 3 rings (SSSR count). The maximum Gasteiger partial charge on any atom is 0.334 e. The molecule has 1 saturated heterocycles. The molecule has 0 amide bonds. The summed E-state index contributed by atoms with van der Waals surface area (Å²) >= 11 is 0. The first-order valence-corrected chi connectivity index (χ1v) is 6.24. The normalized spacial score (nSPS) is 26.1. The average molecular weight is 244 g/mol. The Morgan fingerprint density at radius 3 is 2.94 bits per heavy atom. The van der Waals surface area contributed by atoms with Gasteiger partial charge < -0.3 is 9.47 Å². The summed E-state index contributed by atoms with van der Waals surface area (Å²) < 4.78 is 11.0.